The average molecular weight is 268 g/mol. The molecule has 1 aliphatic rings. The minimum absolute atomic E-state index is 0.0189. The molecule has 1 aromatic carbocycles. The van der Waals surface area contributed by atoms with Crippen molar-refractivity contribution in [3.05, 3.63) is 28.8 Å². The fourth-order valence-corrected chi connectivity index (χ4v) is 2.24. The summed E-state index contributed by atoms with van der Waals surface area (Å²) in [5, 5.41) is 3.53. The lowest BCUT2D eigenvalue weighted by atomic mass is 10.1. The number of hydrogen-bond donors (Lipinski definition) is 1. The molecular weight excluding hydrogens is 250 g/mol. The maximum atomic E-state index is 11.8. The van der Waals surface area contributed by atoms with E-state index in [4.69, 9.17) is 16.3 Å². The minimum Gasteiger partial charge on any atom is -0.378 e. The van der Waals surface area contributed by atoms with Gasteiger partial charge in [-0.2, -0.15) is 0 Å². The molecule has 1 unspecified atom stereocenters. The number of benzene rings is 1. The van der Waals surface area contributed by atoms with Crippen molar-refractivity contribution in [2.45, 2.75) is 38.7 Å². The number of amides is 1. The predicted molar refractivity (Wildman–Crippen MR) is 73.0 cm³/mol. The van der Waals surface area contributed by atoms with Gasteiger partial charge in [0.25, 0.3) is 0 Å². The van der Waals surface area contributed by atoms with Crippen LogP contribution in [-0.4, -0.2) is 18.6 Å². The van der Waals surface area contributed by atoms with Gasteiger partial charge in [0.1, 0.15) is 0 Å². The fraction of sp³-hybridized carbons (Fsp3) is 0.500. The molecular formula is C14H18ClNO2. The van der Waals surface area contributed by atoms with Crippen LogP contribution >= 0.6 is 11.6 Å². The summed E-state index contributed by atoms with van der Waals surface area (Å²) in [6.45, 7) is 2.77. The summed E-state index contributed by atoms with van der Waals surface area (Å²) in [6.07, 6.45) is 3.74. The lowest BCUT2D eigenvalue weighted by molar-refractivity contribution is -0.116. The van der Waals surface area contributed by atoms with Crippen LogP contribution in [0.15, 0.2) is 18.2 Å². The number of rotatable bonds is 4. The molecule has 1 saturated heterocycles. The number of hydrogen-bond acceptors (Lipinski definition) is 2. The Kier molecular flexibility index (Phi) is 4.61. The van der Waals surface area contributed by atoms with Gasteiger partial charge in [-0.1, -0.05) is 17.7 Å². The molecule has 1 aromatic rings. The first-order chi connectivity index (χ1) is 8.65. The Morgan fingerprint density at radius 1 is 1.56 bits per heavy atom. The van der Waals surface area contributed by atoms with Crippen molar-refractivity contribution in [2.24, 2.45) is 0 Å². The molecule has 1 amide bonds. The van der Waals surface area contributed by atoms with E-state index < -0.39 is 0 Å². The summed E-state index contributed by atoms with van der Waals surface area (Å²) in [5.74, 6) is 0.0189. The second-order valence-electron chi connectivity index (χ2n) is 4.69. The number of carbonyl (C=O) groups is 1. The zero-order valence-corrected chi connectivity index (χ0v) is 11.3. The highest BCUT2D eigenvalue weighted by Gasteiger charge is 2.16. The van der Waals surface area contributed by atoms with E-state index in [0.29, 0.717) is 11.4 Å². The fourth-order valence-electron chi connectivity index (χ4n) is 2.06. The highest BCUT2D eigenvalue weighted by Crippen LogP contribution is 2.21. The van der Waals surface area contributed by atoms with Crippen molar-refractivity contribution in [3.63, 3.8) is 0 Å². The van der Waals surface area contributed by atoms with Crippen molar-refractivity contribution >= 4 is 23.2 Å². The monoisotopic (exact) mass is 267 g/mol. The third-order valence-electron chi connectivity index (χ3n) is 3.17. The van der Waals surface area contributed by atoms with Crippen LogP contribution in [-0.2, 0) is 9.53 Å². The Morgan fingerprint density at radius 2 is 2.39 bits per heavy atom. The first-order valence-electron chi connectivity index (χ1n) is 6.33. The van der Waals surface area contributed by atoms with Crippen LogP contribution in [0.3, 0.4) is 0 Å². The topological polar surface area (TPSA) is 38.3 Å². The van der Waals surface area contributed by atoms with Crippen molar-refractivity contribution in [2.75, 3.05) is 11.9 Å². The van der Waals surface area contributed by atoms with Gasteiger partial charge >= 0.3 is 0 Å². The SMILES string of the molecule is Cc1ccc(NC(=O)CCC2CCCO2)cc1Cl. The van der Waals surface area contributed by atoms with E-state index in [1.165, 1.54) is 0 Å². The summed E-state index contributed by atoms with van der Waals surface area (Å²) in [6, 6.07) is 5.55. The predicted octanol–water partition coefficient (Wildman–Crippen LogP) is 3.55. The van der Waals surface area contributed by atoms with E-state index in [2.05, 4.69) is 5.32 Å². The van der Waals surface area contributed by atoms with Gasteiger partial charge in [0.15, 0.2) is 0 Å². The molecule has 1 heterocycles. The van der Waals surface area contributed by atoms with E-state index in [0.717, 1.165) is 37.1 Å². The van der Waals surface area contributed by atoms with Crippen LogP contribution in [0.25, 0.3) is 0 Å². The molecule has 4 heteroatoms. The molecule has 1 aliphatic heterocycles. The first-order valence-corrected chi connectivity index (χ1v) is 6.70. The molecule has 98 valence electrons. The summed E-state index contributed by atoms with van der Waals surface area (Å²) >= 11 is 6.01. The van der Waals surface area contributed by atoms with Gasteiger partial charge in [0.2, 0.25) is 5.91 Å². The van der Waals surface area contributed by atoms with Gasteiger partial charge in [0.05, 0.1) is 6.10 Å². The quantitative estimate of drug-likeness (QED) is 0.906. The second kappa shape index (κ2) is 6.21. The molecule has 2 rings (SSSR count). The third-order valence-corrected chi connectivity index (χ3v) is 3.58. The molecule has 0 aromatic heterocycles. The van der Waals surface area contributed by atoms with Gasteiger partial charge in [-0.05, 0) is 43.9 Å². The smallest absolute Gasteiger partial charge is 0.224 e. The molecule has 18 heavy (non-hydrogen) atoms. The Labute approximate surface area is 112 Å². The molecule has 0 spiro atoms. The highest BCUT2D eigenvalue weighted by molar-refractivity contribution is 6.31. The Morgan fingerprint density at radius 3 is 3.06 bits per heavy atom. The molecule has 0 saturated carbocycles. The van der Waals surface area contributed by atoms with Gasteiger partial charge < -0.3 is 10.1 Å². The maximum absolute atomic E-state index is 11.8. The third kappa shape index (κ3) is 3.72. The number of aryl methyl sites for hydroxylation is 1. The Bertz CT molecular complexity index is 428. The summed E-state index contributed by atoms with van der Waals surface area (Å²) in [7, 11) is 0. The van der Waals surface area contributed by atoms with E-state index in [9.17, 15) is 4.79 Å². The number of carbonyl (C=O) groups excluding carboxylic acids is 1. The highest BCUT2D eigenvalue weighted by atomic mass is 35.5. The molecule has 0 bridgehead atoms. The number of halogens is 1. The molecule has 1 fully saturated rings. The lowest BCUT2D eigenvalue weighted by Crippen LogP contribution is -2.15. The van der Waals surface area contributed by atoms with Gasteiger partial charge in [0, 0.05) is 23.7 Å². The van der Waals surface area contributed by atoms with Crippen LogP contribution in [0.1, 0.15) is 31.2 Å². The Hall–Kier alpha value is -1.06. The standard InChI is InChI=1S/C14H18ClNO2/c1-10-4-5-11(9-13(10)15)16-14(17)7-6-12-3-2-8-18-12/h4-5,9,12H,2-3,6-8H2,1H3,(H,16,17). The van der Waals surface area contributed by atoms with E-state index in [-0.39, 0.29) is 12.0 Å². The van der Waals surface area contributed by atoms with Crippen molar-refractivity contribution in [1.29, 1.82) is 0 Å². The van der Waals surface area contributed by atoms with Crippen LogP contribution in [0.5, 0.6) is 0 Å². The van der Waals surface area contributed by atoms with E-state index in [1.807, 2.05) is 19.1 Å². The van der Waals surface area contributed by atoms with E-state index >= 15 is 0 Å². The average Bonchev–Trinajstić information content (AvgIpc) is 2.84. The zero-order valence-electron chi connectivity index (χ0n) is 10.5. The number of anilines is 1. The van der Waals surface area contributed by atoms with Gasteiger partial charge in [-0.15, -0.1) is 0 Å². The van der Waals surface area contributed by atoms with Crippen LogP contribution < -0.4 is 5.32 Å². The molecule has 1 atom stereocenters. The van der Waals surface area contributed by atoms with Crippen molar-refractivity contribution in [3.8, 4) is 0 Å². The zero-order chi connectivity index (χ0) is 13.0. The molecule has 1 N–H and O–H groups in total. The number of ether oxygens (including phenoxy) is 1. The largest absolute Gasteiger partial charge is 0.378 e. The van der Waals surface area contributed by atoms with Gasteiger partial charge in [-0.25, -0.2) is 0 Å². The van der Waals surface area contributed by atoms with Crippen molar-refractivity contribution < 1.29 is 9.53 Å². The molecule has 0 aliphatic carbocycles. The first kappa shape index (κ1) is 13.4. The maximum Gasteiger partial charge on any atom is 0.224 e. The van der Waals surface area contributed by atoms with Crippen LogP contribution in [0.4, 0.5) is 5.69 Å². The van der Waals surface area contributed by atoms with Gasteiger partial charge in [-0.3, -0.25) is 4.79 Å². The lowest BCUT2D eigenvalue weighted by Gasteiger charge is -2.10. The summed E-state index contributed by atoms with van der Waals surface area (Å²) in [5.41, 5.74) is 1.76. The van der Waals surface area contributed by atoms with Crippen LogP contribution in [0.2, 0.25) is 5.02 Å². The normalized spacial score (nSPS) is 18.9. The molecule has 3 nitrogen and oxygen atoms in total. The van der Waals surface area contributed by atoms with Crippen molar-refractivity contribution in [1.82, 2.24) is 0 Å². The van der Waals surface area contributed by atoms with Crippen LogP contribution in [0, 0.1) is 6.92 Å². The minimum atomic E-state index is 0.0189. The Balaban J connectivity index is 1.80. The molecule has 0 radical (unpaired) electrons. The summed E-state index contributed by atoms with van der Waals surface area (Å²) < 4.78 is 5.49. The number of nitrogens with one attached hydrogen (secondary N) is 1. The second-order valence-corrected chi connectivity index (χ2v) is 5.09. The van der Waals surface area contributed by atoms with E-state index in [1.54, 1.807) is 6.07 Å². The summed E-state index contributed by atoms with van der Waals surface area (Å²) in [4.78, 5) is 11.8.